The van der Waals surface area contributed by atoms with Crippen LogP contribution in [0.4, 0.5) is 20.2 Å². The third kappa shape index (κ3) is 2.95. The Labute approximate surface area is 121 Å². The minimum atomic E-state index is -1.53. The number of anilines is 1. The summed E-state index contributed by atoms with van der Waals surface area (Å²) in [6.07, 6.45) is 2.42. The minimum absolute atomic E-state index is 0.0157. The van der Waals surface area contributed by atoms with Crippen LogP contribution in [0.5, 0.6) is 0 Å². The first-order chi connectivity index (χ1) is 9.91. The van der Waals surface area contributed by atoms with Gasteiger partial charge in [-0.2, -0.15) is 0 Å². The van der Waals surface area contributed by atoms with Gasteiger partial charge in [-0.15, -0.1) is 0 Å². The largest absolute Gasteiger partial charge is 0.314 e. The predicted octanol–water partition coefficient (Wildman–Crippen LogP) is 3.17. The maximum absolute atomic E-state index is 13.7. The SMILES string of the molecule is O=C(Nc1c([N+](=O)[O-])ccc(F)c1F)c1cnccc1Cl. The summed E-state index contributed by atoms with van der Waals surface area (Å²) >= 11 is 5.76. The van der Waals surface area contributed by atoms with Gasteiger partial charge in [0.05, 0.1) is 15.5 Å². The molecule has 0 radical (unpaired) electrons. The molecule has 0 bridgehead atoms. The highest BCUT2D eigenvalue weighted by Gasteiger charge is 2.24. The van der Waals surface area contributed by atoms with Gasteiger partial charge in [-0.3, -0.25) is 19.9 Å². The summed E-state index contributed by atoms with van der Waals surface area (Å²) in [6.45, 7) is 0. The predicted molar refractivity (Wildman–Crippen MR) is 70.2 cm³/mol. The molecule has 1 amide bonds. The zero-order valence-corrected chi connectivity index (χ0v) is 10.9. The van der Waals surface area contributed by atoms with Crippen LogP contribution in [0.1, 0.15) is 10.4 Å². The average molecular weight is 314 g/mol. The molecule has 1 N–H and O–H groups in total. The number of hydrogen-bond acceptors (Lipinski definition) is 4. The number of aromatic nitrogens is 1. The minimum Gasteiger partial charge on any atom is -0.314 e. The van der Waals surface area contributed by atoms with E-state index >= 15 is 0 Å². The van der Waals surface area contributed by atoms with Crippen LogP contribution in [0.15, 0.2) is 30.6 Å². The van der Waals surface area contributed by atoms with Crippen molar-refractivity contribution in [1.82, 2.24) is 4.98 Å². The Morgan fingerprint density at radius 1 is 1.33 bits per heavy atom. The Bertz CT molecular complexity index is 740. The standard InChI is InChI=1S/C12H6ClF2N3O3/c13-7-3-4-16-5-6(7)12(19)17-11-9(18(20)21)2-1-8(14)10(11)15/h1-5H,(H,17,19). The van der Waals surface area contributed by atoms with Crippen LogP contribution < -0.4 is 5.32 Å². The third-order valence-electron chi connectivity index (χ3n) is 2.52. The molecule has 0 saturated heterocycles. The Kier molecular flexibility index (Phi) is 4.08. The molecule has 9 heteroatoms. The second-order valence-corrected chi connectivity index (χ2v) is 4.23. The van der Waals surface area contributed by atoms with Gasteiger partial charge in [0, 0.05) is 18.5 Å². The van der Waals surface area contributed by atoms with E-state index < -0.39 is 33.8 Å². The van der Waals surface area contributed by atoms with E-state index in [-0.39, 0.29) is 10.6 Å². The van der Waals surface area contributed by atoms with Gasteiger partial charge in [-0.05, 0) is 12.1 Å². The monoisotopic (exact) mass is 313 g/mol. The van der Waals surface area contributed by atoms with Gasteiger partial charge in [0.15, 0.2) is 17.3 Å². The maximum Gasteiger partial charge on any atom is 0.296 e. The number of nitrogens with one attached hydrogen (secondary N) is 1. The summed E-state index contributed by atoms with van der Waals surface area (Å²) in [5.74, 6) is -3.80. The van der Waals surface area contributed by atoms with E-state index in [1.54, 1.807) is 0 Å². The van der Waals surface area contributed by atoms with Gasteiger partial charge in [-0.25, -0.2) is 8.78 Å². The molecule has 1 heterocycles. The molecule has 2 rings (SSSR count). The van der Waals surface area contributed by atoms with Crippen molar-refractivity contribution in [2.45, 2.75) is 0 Å². The lowest BCUT2D eigenvalue weighted by molar-refractivity contribution is -0.384. The highest BCUT2D eigenvalue weighted by atomic mass is 35.5. The van der Waals surface area contributed by atoms with Crippen molar-refractivity contribution in [3.05, 3.63) is 62.9 Å². The highest BCUT2D eigenvalue weighted by molar-refractivity contribution is 6.34. The van der Waals surface area contributed by atoms with E-state index in [4.69, 9.17) is 11.6 Å². The summed E-state index contributed by atoms with van der Waals surface area (Å²) in [6, 6.07) is 2.66. The van der Waals surface area contributed by atoms with Gasteiger partial charge in [0.25, 0.3) is 11.6 Å². The van der Waals surface area contributed by atoms with E-state index in [0.29, 0.717) is 6.07 Å². The van der Waals surface area contributed by atoms with Crippen molar-refractivity contribution >= 4 is 28.9 Å². The van der Waals surface area contributed by atoms with Crippen LogP contribution in [0.25, 0.3) is 0 Å². The molecule has 0 atom stereocenters. The molecule has 0 aliphatic carbocycles. The second-order valence-electron chi connectivity index (χ2n) is 3.82. The van der Waals surface area contributed by atoms with Crippen molar-refractivity contribution in [2.75, 3.05) is 5.32 Å². The van der Waals surface area contributed by atoms with Gasteiger partial charge in [0.2, 0.25) is 0 Å². The molecule has 0 spiro atoms. The van der Waals surface area contributed by atoms with Crippen molar-refractivity contribution in [3.8, 4) is 0 Å². The number of nitro groups is 1. The van der Waals surface area contributed by atoms with Crippen molar-refractivity contribution in [1.29, 1.82) is 0 Å². The van der Waals surface area contributed by atoms with Gasteiger partial charge in [0.1, 0.15) is 0 Å². The average Bonchev–Trinajstić information content (AvgIpc) is 2.44. The Hall–Kier alpha value is -2.61. The molecular weight excluding hydrogens is 308 g/mol. The molecule has 0 aliphatic heterocycles. The summed E-state index contributed by atoms with van der Waals surface area (Å²) in [5.41, 5.74) is -1.77. The molecule has 0 fully saturated rings. The molecule has 2 aromatic rings. The topological polar surface area (TPSA) is 85.1 Å². The molecular formula is C12H6ClF2N3O3. The van der Waals surface area contributed by atoms with Gasteiger partial charge >= 0.3 is 0 Å². The Morgan fingerprint density at radius 3 is 2.67 bits per heavy atom. The molecule has 108 valence electrons. The van der Waals surface area contributed by atoms with Crippen LogP contribution in [-0.4, -0.2) is 15.8 Å². The Balaban J connectivity index is 2.44. The summed E-state index contributed by atoms with van der Waals surface area (Å²) in [4.78, 5) is 25.4. The first-order valence-electron chi connectivity index (χ1n) is 5.45. The molecule has 0 unspecified atom stereocenters. The number of nitrogens with zero attached hydrogens (tertiary/aromatic N) is 2. The number of pyridine rings is 1. The maximum atomic E-state index is 13.7. The van der Waals surface area contributed by atoms with Crippen molar-refractivity contribution in [2.24, 2.45) is 0 Å². The normalized spacial score (nSPS) is 10.2. The first kappa shape index (κ1) is 14.8. The van der Waals surface area contributed by atoms with Crippen LogP contribution in [-0.2, 0) is 0 Å². The van der Waals surface area contributed by atoms with E-state index in [0.717, 1.165) is 12.3 Å². The molecule has 1 aromatic carbocycles. The molecule has 21 heavy (non-hydrogen) atoms. The number of carbonyl (C=O) groups excluding carboxylic acids is 1. The van der Waals surface area contributed by atoms with E-state index in [1.807, 2.05) is 5.32 Å². The first-order valence-corrected chi connectivity index (χ1v) is 5.83. The summed E-state index contributed by atoms with van der Waals surface area (Å²) in [5, 5.41) is 12.8. The lowest BCUT2D eigenvalue weighted by atomic mass is 10.2. The molecule has 1 aromatic heterocycles. The highest BCUT2D eigenvalue weighted by Crippen LogP contribution is 2.30. The van der Waals surface area contributed by atoms with Gasteiger partial charge < -0.3 is 5.32 Å². The van der Waals surface area contributed by atoms with Crippen LogP contribution in [0, 0.1) is 21.7 Å². The van der Waals surface area contributed by atoms with Crippen LogP contribution in [0.3, 0.4) is 0 Å². The third-order valence-corrected chi connectivity index (χ3v) is 2.85. The van der Waals surface area contributed by atoms with E-state index in [1.165, 1.54) is 12.3 Å². The number of nitro benzene ring substituents is 1. The zero-order valence-electron chi connectivity index (χ0n) is 10.1. The summed E-state index contributed by atoms with van der Waals surface area (Å²) in [7, 11) is 0. The number of amides is 1. The lowest BCUT2D eigenvalue weighted by Gasteiger charge is -2.08. The zero-order chi connectivity index (χ0) is 15.6. The number of rotatable bonds is 3. The number of carbonyl (C=O) groups is 1. The number of halogens is 3. The quantitative estimate of drug-likeness (QED) is 0.696. The number of hydrogen-bond donors (Lipinski definition) is 1. The Morgan fingerprint density at radius 2 is 2.05 bits per heavy atom. The molecule has 6 nitrogen and oxygen atoms in total. The van der Waals surface area contributed by atoms with Crippen molar-refractivity contribution in [3.63, 3.8) is 0 Å². The van der Waals surface area contributed by atoms with Gasteiger partial charge in [-0.1, -0.05) is 11.6 Å². The number of benzene rings is 1. The van der Waals surface area contributed by atoms with E-state index in [2.05, 4.69) is 4.98 Å². The van der Waals surface area contributed by atoms with Crippen molar-refractivity contribution < 1.29 is 18.5 Å². The lowest BCUT2D eigenvalue weighted by Crippen LogP contribution is -2.15. The fourth-order valence-electron chi connectivity index (χ4n) is 1.54. The fourth-order valence-corrected chi connectivity index (χ4v) is 1.73. The second kappa shape index (κ2) is 5.80. The van der Waals surface area contributed by atoms with Crippen LogP contribution >= 0.6 is 11.6 Å². The smallest absolute Gasteiger partial charge is 0.296 e. The van der Waals surface area contributed by atoms with E-state index in [9.17, 15) is 23.7 Å². The van der Waals surface area contributed by atoms with Crippen LogP contribution in [0.2, 0.25) is 5.02 Å². The molecule has 0 saturated carbocycles. The molecule has 0 aliphatic rings. The fraction of sp³-hybridized carbons (Fsp3) is 0. The summed E-state index contributed by atoms with van der Waals surface area (Å²) < 4.78 is 26.8.